The number of hydrogen-bond acceptors (Lipinski definition) is 6. The Morgan fingerprint density at radius 1 is 1.26 bits per heavy atom. The van der Waals surface area contributed by atoms with Crippen molar-refractivity contribution in [3.05, 3.63) is 71.5 Å². The molecule has 3 N–H and O–H groups in total. The van der Waals surface area contributed by atoms with Gasteiger partial charge in [0.25, 0.3) is 11.8 Å². The highest BCUT2D eigenvalue weighted by Gasteiger charge is 2.22. The van der Waals surface area contributed by atoms with Crippen molar-refractivity contribution in [1.82, 2.24) is 19.7 Å². The standard InChI is InChI=1S/C22H21N5O4/c1-12-6-7-17(30-3)14(9-12)13(2)25-22(29)15-10-16(18-5-4-8-31-18)27-11-24-19(20(23)28)21(27)26-15/h4-11,13H,1-3H3,(H2,23,28)(H,25,29). The molecule has 9 heteroatoms. The van der Waals surface area contributed by atoms with Crippen LogP contribution in [0.2, 0.25) is 0 Å². The van der Waals surface area contributed by atoms with Crippen LogP contribution in [0.15, 0.2) is 53.4 Å². The Morgan fingerprint density at radius 3 is 2.74 bits per heavy atom. The van der Waals surface area contributed by atoms with E-state index in [1.807, 2.05) is 32.0 Å². The Balaban J connectivity index is 1.75. The second-order valence-corrected chi connectivity index (χ2v) is 7.10. The molecule has 0 spiro atoms. The Morgan fingerprint density at radius 2 is 2.06 bits per heavy atom. The van der Waals surface area contributed by atoms with Crippen LogP contribution in [-0.2, 0) is 0 Å². The number of carbonyl (C=O) groups is 2. The lowest BCUT2D eigenvalue weighted by atomic mass is 10.0. The highest BCUT2D eigenvalue weighted by molar-refractivity contribution is 5.99. The third-order valence-electron chi connectivity index (χ3n) is 4.94. The van der Waals surface area contributed by atoms with Crippen LogP contribution in [0.3, 0.4) is 0 Å². The molecule has 0 radical (unpaired) electrons. The largest absolute Gasteiger partial charge is 0.496 e. The molecule has 2 amide bonds. The number of nitrogens with one attached hydrogen (secondary N) is 1. The van der Waals surface area contributed by atoms with E-state index in [1.165, 1.54) is 12.6 Å². The summed E-state index contributed by atoms with van der Waals surface area (Å²) in [6.45, 7) is 3.82. The van der Waals surface area contributed by atoms with E-state index >= 15 is 0 Å². The predicted octanol–water partition coefficient (Wildman–Crippen LogP) is 2.90. The minimum Gasteiger partial charge on any atom is -0.496 e. The molecule has 0 fully saturated rings. The van der Waals surface area contributed by atoms with Gasteiger partial charge in [-0.15, -0.1) is 0 Å². The molecule has 1 unspecified atom stereocenters. The van der Waals surface area contributed by atoms with E-state index in [0.717, 1.165) is 11.1 Å². The normalized spacial score (nSPS) is 12.0. The van der Waals surface area contributed by atoms with Crippen molar-refractivity contribution >= 4 is 17.5 Å². The first kappa shape index (κ1) is 20.1. The maximum atomic E-state index is 13.1. The zero-order valence-electron chi connectivity index (χ0n) is 17.2. The van der Waals surface area contributed by atoms with Crippen LogP contribution >= 0.6 is 0 Å². The molecule has 1 aromatic carbocycles. The van der Waals surface area contributed by atoms with Crippen LogP contribution in [0.1, 0.15) is 45.1 Å². The van der Waals surface area contributed by atoms with Gasteiger partial charge in [0.15, 0.2) is 17.1 Å². The quantitative estimate of drug-likeness (QED) is 0.495. The number of imidazole rings is 1. The molecule has 0 bridgehead atoms. The van der Waals surface area contributed by atoms with Crippen LogP contribution in [0, 0.1) is 6.92 Å². The molecule has 4 aromatic rings. The van der Waals surface area contributed by atoms with Gasteiger partial charge >= 0.3 is 0 Å². The van der Waals surface area contributed by atoms with E-state index < -0.39 is 11.8 Å². The summed E-state index contributed by atoms with van der Waals surface area (Å²) in [6.07, 6.45) is 2.93. The average molecular weight is 419 g/mol. The zero-order valence-corrected chi connectivity index (χ0v) is 17.2. The lowest BCUT2D eigenvalue weighted by molar-refractivity contribution is 0.0932. The molecule has 158 valence electrons. The van der Waals surface area contributed by atoms with Gasteiger partial charge in [-0.3, -0.25) is 14.0 Å². The van der Waals surface area contributed by atoms with Crippen molar-refractivity contribution in [3.8, 4) is 17.2 Å². The molecular weight excluding hydrogens is 398 g/mol. The monoisotopic (exact) mass is 419 g/mol. The predicted molar refractivity (Wildman–Crippen MR) is 113 cm³/mol. The van der Waals surface area contributed by atoms with Crippen molar-refractivity contribution < 1.29 is 18.7 Å². The molecule has 0 aliphatic rings. The van der Waals surface area contributed by atoms with Crippen molar-refractivity contribution in [3.63, 3.8) is 0 Å². The molecule has 3 aromatic heterocycles. The smallest absolute Gasteiger partial charge is 0.271 e. The van der Waals surface area contributed by atoms with Crippen LogP contribution in [0.5, 0.6) is 5.75 Å². The number of aryl methyl sites for hydroxylation is 1. The number of carbonyl (C=O) groups excluding carboxylic acids is 2. The number of nitrogens with two attached hydrogens (primary N) is 1. The van der Waals surface area contributed by atoms with Gasteiger partial charge in [-0.1, -0.05) is 17.7 Å². The number of furan rings is 1. The summed E-state index contributed by atoms with van der Waals surface area (Å²) in [5.74, 6) is -0.00744. The molecule has 0 aliphatic heterocycles. The summed E-state index contributed by atoms with van der Waals surface area (Å²) < 4.78 is 12.5. The number of aromatic nitrogens is 3. The van der Waals surface area contributed by atoms with Crippen molar-refractivity contribution in [2.75, 3.05) is 7.11 Å². The van der Waals surface area contributed by atoms with Crippen molar-refractivity contribution in [1.29, 1.82) is 0 Å². The van der Waals surface area contributed by atoms with Crippen molar-refractivity contribution in [2.24, 2.45) is 5.73 Å². The van der Waals surface area contributed by atoms with Gasteiger partial charge in [-0.05, 0) is 38.1 Å². The number of methoxy groups -OCH3 is 1. The van der Waals surface area contributed by atoms with E-state index in [-0.39, 0.29) is 23.1 Å². The molecule has 1 atom stereocenters. The zero-order chi connectivity index (χ0) is 22.1. The molecule has 0 saturated heterocycles. The van der Waals surface area contributed by atoms with Gasteiger partial charge in [0.05, 0.1) is 25.1 Å². The van der Waals surface area contributed by atoms with Crippen LogP contribution in [0.25, 0.3) is 17.1 Å². The highest BCUT2D eigenvalue weighted by atomic mass is 16.5. The molecule has 0 saturated carbocycles. The minimum absolute atomic E-state index is 0.0316. The molecule has 31 heavy (non-hydrogen) atoms. The maximum Gasteiger partial charge on any atom is 0.271 e. The fraction of sp³-hybridized carbons (Fsp3) is 0.182. The van der Waals surface area contributed by atoms with Gasteiger partial charge in [0.1, 0.15) is 17.8 Å². The third kappa shape index (κ3) is 3.73. The van der Waals surface area contributed by atoms with E-state index in [0.29, 0.717) is 17.2 Å². The lowest BCUT2D eigenvalue weighted by Crippen LogP contribution is -2.28. The van der Waals surface area contributed by atoms with Gasteiger partial charge in [-0.25, -0.2) is 9.97 Å². The highest BCUT2D eigenvalue weighted by Crippen LogP contribution is 2.27. The molecule has 4 rings (SSSR count). The summed E-state index contributed by atoms with van der Waals surface area (Å²) in [6, 6.07) is 10.4. The molecule has 0 aliphatic carbocycles. The number of fused-ring (bicyclic) bond motifs is 1. The maximum absolute atomic E-state index is 13.1. The van der Waals surface area contributed by atoms with Gasteiger partial charge in [-0.2, -0.15) is 0 Å². The number of nitrogens with zero attached hydrogens (tertiary/aromatic N) is 3. The number of hydrogen-bond donors (Lipinski definition) is 2. The Labute approximate surface area is 177 Å². The first-order chi connectivity index (χ1) is 14.9. The van der Waals surface area contributed by atoms with Gasteiger partial charge in [0.2, 0.25) is 0 Å². The third-order valence-corrected chi connectivity index (χ3v) is 4.94. The first-order valence-corrected chi connectivity index (χ1v) is 9.56. The summed E-state index contributed by atoms with van der Waals surface area (Å²) in [5.41, 5.74) is 8.07. The van der Waals surface area contributed by atoms with E-state index in [9.17, 15) is 9.59 Å². The first-order valence-electron chi connectivity index (χ1n) is 9.56. The topological polar surface area (TPSA) is 125 Å². The van der Waals surface area contributed by atoms with Crippen LogP contribution < -0.4 is 15.8 Å². The minimum atomic E-state index is -0.740. The van der Waals surface area contributed by atoms with E-state index in [2.05, 4.69) is 15.3 Å². The number of ether oxygens (including phenoxy) is 1. The Kier molecular flexibility index (Phi) is 5.16. The number of benzene rings is 1. The fourth-order valence-electron chi connectivity index (χ4n) is 3.42. The summed E-state index contributed by atoms with van der Waals surface area (Å²) >= 11 is 0. The average Bonchev–Trinajstić information content (AvgIpc) is 3.42. The molecule has 3 heterocycles. The van der Waals surface area contributed by atoms with Crippen LogP contribution in [-0.4, -0.2) is 33.3 Å². The fourth-order valence-corrected chi connectivity index (χ4v) is 3.42. The Bertz CT molecular complexity index is 1280. The molecule has 9 nitrogen and oxygen atoms in total. The SMILES string of the molecule is COc1ccc(C)cc1C(C)NC(=O)c1cc(-c2ccco2)n2cnc(C(N)=O)c2n1. The summed E-state index contributed by atoms with van der Waals surface area (Å²) in [5, 5.41) is 2.93. The van der Waals surface area contributed by atoms with E-state index in [1.54, 1.807) is 29.7 Å². The second kappa shape index (κ2) is 7.94. The van der Waals surface area contributed by atoms with Crippen molar-refractivity contribution in [2.45, 2.75) is 19.9 Å². The Hall–Kier alpha value is -4.14. The van der Waals surface area contributed by atoms with Gasteiger partial charge in [0, 0.05) is 5.56 Å². The number of rotatable bonds is 6. The van der Waals surface area contributed by atoms with Gasteiger partial charge < -0.3 is 20.2 Å². The molecular formula is C22H21N5O4. The second-order valence-electron chi connectivity index (χ2n) is 7.10. The number of amides is 2. The lowest BCUT2D eigenvalue weighted by Gasteiger charge is -2.18. The van der Waals surface area contributed by atoms with E-state index in [4.69, 9.17) is 14.9 Å². The summed E-state index contributed by atoms with van der Waals surface area (Å²) in [7, 11) is 1.58. The number of primary amides is 1. The van der Waals surface area contributed by atoms with Crippen LogP contribution in [0.4, 0.5) is 0 Å². The summed E-state index contributed by atoms with van der Waals surface area (Å²) in [4.78, 5) is 33.3.